The molecule has 0 aliphatic heterocycles. The summed E-state index contributed by atoms with van der Waals surface area (Å²) in [6.45, 7) is 1.74. The Morgan fingerprint density at radius 2 is 1.85 bits per heavy atom. The summed E-state index contributed by atoms with van der Waals surface area (Å²) in [6.07, 6.45) is -3.71. The van der Waals surface area contributed by atoms with E-state index in [1.807, 2.05) is 0 Å². The summed E-state index contributed by atoms with van der Waals surface area (Å²) < 4.78 is 50.8. The van der Waals surface area contributed by atoms with E-state index in [1.54, 1.807) is 13.0 Å². The number of alkyl halides is 3. The molecule has 1 aromatic rings. The third kappa shape index (κ3) is 3.51. The van der Waals surface area contributed by atoms with Gasteiger partial charge in [-0.2, -0.15) is 13.2 Å². The summed E-state index contributed by atoms with van der Waals surface area (Å²) in [5, 5.41) is 10.4. The maximum Gasteiger partial charge on any atom is 0.391 e. The first-order chi connectivity index (χ1) is 9.20. The fraction of sp³-hybridized carbons (Fsp3) is 0.600. The molecule has 0 atom stereocenters. The fourth-order valence-corrected chi connectivity index (χ4v) is 2.87. The van der Waals surface area contributed by atoms with Gasteiger partial charge in [0.25, 0.3) is 0 Å². The summed E-state index contributed by atoms with van der Waals surface area (Å²) in [5.74, 6) is -1.66. The van der Waals surface area contributed by atoms with Crippen LogP contribution in [0.2, 0.25) is 0 Å². The minimum Gasteiger partial charge on any atom is -0.390 e. The minimum atomic E-state index is -4.17. The molecule has 1 aliphatic carbocycles. The minimum absolute atomic E-state index is 0.0414. The zero-order valence-corrected chi connectivity index (χ0v) is 11.3. The Hall–Kier alpha value is -1.10. The van der Waals surface area contributed by atoms with Crippen LogP contribution in [0.3, 0.4) is 0 Å². The Morgan fingerprint density at radius 3 is 2.35 bits per heavy atom. The molecule has 1 fully saturated rings. The predicted octanol–water partition coefficient (Wildman–Crippen LogP) is 4.16. The highest BCUT2D eigenvalue weighted by atomic mass is 19.4. The number of aryl methyl sites for hydroxylation is 1. The molecule has 20 heavy (non-hydrogen) atoms. The van der Waals surface area contributed by atoms with Crippen LogP contribution in [0, 0.1) is 18.7 Å². The molecule has 0 radical (unpaired) electrons. The van der Waals surface area contributed by atoms with Crippen molar-refractivity contribution in [2.75, 3.05) is 0 Å². The number of benzene rings is 1. The lowest BCUT2D eigenvalue weighted by atomic mass is 9.75. The summed E-state index contributed by atoms with van der Waals surface area (Å²) in [7, 11) is 0. The van der Waals surface area contributed by atoms with E-state index in [0.717, 1.165) is 11.1 Å². The van der Waals surface area contributed by atoms with Gasteiger partial charge < -0.3 is 5.11 Å². The molecule has 0 saturated heterocycles. The Labute approximate surface area is 115 Å². The summed E-state index contributed by atoms with van der Waals surface area (Å²) in [4.78, 5) is 0. The van der Waals surface area contributed by atoms with Crippen LogP contribution in [0.4, 0.5) is 17.6 Å². The lowest BCUT2D eigenvalue weighted by Gasteiger charge is -2.37. The monoisotopic (exact) mass is 290 g/mol. The van der Waals surface area contributed by atoms with Crippen molar-refractivity contribution in [3.63, 3.8) is 0 Å². The van der Waals surface area contributed by atoms with Crippen LogP contribution in [0.25, 0.3) is 0 Å². The number of aliphatic hydroxyl groups is 1. The zero-order valence-electron chi connectivity index (χ0n) is 11.3. The first-order valence-electron chi connectivity index (χ1n) is 6.74. The second kappa shape index (κ2) is 5.35. The molecule has 0 amide bonds. The molecular formula is C15H18F4O. The number of rotatable bonds is 2. The predicted molar refractivity (Wildman–Crippen MR) is 67.8 cm³/mol. The van der Waals surface area contributed by atoms with E-state index >= 15 is 0 Å². The van der Waals surface area contributed by atoms with Crippen LogP contribution in [-0.4, -0.2) is 16.9 Å². The highest BCUT2D eigenvalue weighted by Gasteiger charge is 2.45. The average molecular weight is 290 g/mol. The lowest BCUT2D eigenvalue weighted by molar-refractivity contribution is -0.192. The Balaban J connectivity index is 2.03. The molecule has 1 aliphatic rings. The van der Waals surface area contributed by atoms with Crippen molar-refractivity contribution in [3.05, 3.63) is 35.1 Å². The van der Waals surface area contributed by atoms with Gasteiger partial charge in [-0.15, -0.1) is 0 Å². The van der Waals surface area contributed by atoms with Gasteiger partial charge in [-0.3, -0.25) is 0 Å². The first kappa shape index (κ1) is 15.3. The summed E-state index contributed by atoms with van der Waals surface area (Å²) in [6, 6.07) is 4.28. The molecular weight excluding hydrogens is 272 g/mol. The van der Waals surface area contributed by atoms with Gasteiger partial charge >= 0.3 is 6.18 Å². The van der Waals surface area contributed by atoms with E-state index in [2.05, 4.69) is 0 Å². The van der Waals surface area contributed by atoms with E-state index < -0.39 is 17.7 Å². The molecule has 0 bridgehead atoms. The summed E-state index contributed by atoms with van der Waals surface area (Å²) >= 11 is 0. The second-order valence-electron chi connectivity index (χ2n) is 5.79. The molecule has 5 heteroatoms. The van der Waals surface area contributed by atoms with Crippen molar-refractivity contribution in [2.45, 2.75) is 50.8 Å². The third-order valence-corrected chi connectivity index (χ3v) is 4.20. The van der Waals surface area contributed by atoms with Gasteiger partial charge in [-0.05, 0) is 55.9 Å². The quantitative estimate of drug-likeness (QED) is 0.811. The maximum absolute atomic E-state index is 13.0. The first-order valence-corrected chi connectivity index (χ1v) is 6.74. The highest BCUT2D eigenvalue weighted by Crippen LogP contribution is 2.42. The zero-order chi connectivity index (χ0) is 15.0. The number of halogens is 4. The van der Waals surface area contributed by atoms with E-state index in [-0.39, 0.29) is 37.9 Å². The lowest BCUT2D eigenvalue weighted by Crippen LogP contribution is -2.40. The fourth-order valence-electron chi connectivity index (χ4n) is 2.87. The molecule has 112 valence electrons. The molecule has 0 unspecified atom stereocenters. The van der Waals surface area contributed by atoms with Gasteiger partial charge in [0.05, 0.1) is 11.5 Å². The average Bonchev–Trinajstić information content (AvgIpc) is 2.32. The van der Waals surface area contributed by atoms with Crippen LogP contribution >= 0.6 is 0 Å². The smallest absolute Gasteiger partial charge is 0.390 e. The van der Waals surface area contributed by atoms with Crippen LogP contribution in [0.1, 0.15) is 36.8 Å². The Morgan fingerprint density at radius 1 is 1.25 bits per heavy atom. The summed E-state index contributed by atoms with van der Waals surface area (Å²) in [5.41, 5.74) is 0.403. The van der Waals surface area contributed by atoms with Gasteiger partial charge in [0.1, 0.15) is 5.82 Å². The molecule has 1 nitrogen and oxygen atoms in total. The molecule has 0 spiro atoms. The van der Waals surface area contributed by atoms with Gasteiger partial charge in [-0.1, -0.05) is 6.07 Å². The van der Waals surface area contributed by atoms with Crippen molar-refractivity contribution in [1.82, 2.24) is 0 Å². The maximum atomic E-state index is 13.0. The molecule has 0 heterocycles. The van der Waals surface area contributed by atoms with Gasteiger partial charge in [0.2, 0.25) is 0 Å². The van der Waals surface area contributed by atoms with E-state index in [4.69, 9.17) is 0 Å². The molecule has 1 aromatic carbocycles. The van der Waals surface area contributed by atoms with Gasteiger partial charge in [-0.25, -0.2) is 4.39 Å². The van der Waals surface area contributed by atoms with Crippen LogP contribution < -0.4 is 0 Å². The normalized spacial score (nSPS) is 27.6. The van der Waals surface area contributed by atoms with Gasteiger partial charge in [0, 0.05) is 6.42 Å². The van der Waals surface area contributed by atoms with E-state index in [9.17, 15) is 22.7 Å². The molecule has 0 aromatic heterocycles. The van der Waals surface area contributed by atoms with Crippen LogP contribution in [0.5, 0.6) is 0 Å². The third-order valence-electron chi connectivity index (χ3n) is 4.20. The standard InChI is InChI=1S/C15H18F4O/c1-10-8-13(16)3-2-11(10)9-14(20)6-4-12(5-7-14)15(17,18)19/h2-3,8,12,20H,4-7,9H2,1H3. The molecule has 1 saturated carbocycles. The van der Waals surface area contributed by atoms with Gasteiger partial charge in [0.15, 0.2) is 0 Å². The van der Waals surface area contributed by atoms with Crippen molar-refractivity contribution in [1.29, 1.82) is 0 Å². The van der Waals surface area contributed by atoms with E-state index in [0.29, 0.717) is 0 Å². The van der Waals surface area contributed by atoms with Crippen molar-refractivity contribution in [3.8, 4) is 0 Å². The van der Waals surface area contributed by atoms with E-state index in [1.165, 1.54) is 12.1 Å². The van der Waals surface area contributed by atoms with Crippen molar-refractivity contribution < 1.29 is 22.7 Å². The number of hydrogen-bond acceptors (Lipinski definition) is 1. The second-order valence-corrected chi connectivity index (χ2v) is 5.79. The Kier molecular flexibility index (Phi) is 4.09. The van der Waals surface area contributed by atoms with Crippen molar-refractivity contribution >= 4 is 0 Å². The Bertz CT molecular complexity index is 473. The van der Waals surface area contributed by atoms with Crippen molar-refractivity contribution in [2.24, 2.45) is 5.92 Å². The molecule has 1 N–H and O–H groups in total. The topological polar surface area (TPSA) is 20.2 Å². The van der Waals surface area contributed by atoms with Crippen LogP contribution in [-0.2, 0) is 6.42 Å². The largest absolute Gasteiger partial charge is 0.391 e. The highest BCUT2D eigenvalue weighted by molar-refractivity contribution is 5.28. The molecule has 2 rings (SSSR count). The number of hydrogen-bond donors (Lipinski definition) is 1. The SMILES string of the molecule is Cc1cc(F)ccc1CC1(O)CCC(C(F)(F)F)CC1. The van der Waals surface area contributed by atoms with Crippen LogP contribution in [0.15, 0.2) is 18.2 Å².